The van der Waals surface area contributed by atoms with Crippen LogP contribution in [0.25, 0.3) is 33.0 Å². The number of aromatic nitrogens is 3. The number of hydrogen-bond donors (Lipinski definition) is 1. The molecule has 0 amide bonds. The van der Waals surface area contributed by atoms with Gasteiger partial charge in [0.2, 0.25) is 0 Å². The van der Waals surface area contributed by atoms with Gasteiger partial charge in [-0.25, -0.2) is 15.3 Å². The van der Waals surface area contributed by atoms with E-state index in [-0.39, 0.29) is 0 Å². The highest BCUT2D eigenvalue weighted by Crippen LogP contribution is 2.34. The summed E-state index contributed by atoms with van der Waals surface area (Å²) in [4.78, 5) is 12.3. The second-order valence-corrected chi connectivity index (χ2v) is 4.45. The van der Waals surface area contributed by atoms with Gasteiger partial charge >= 0.3 is 0 Å². The third-order valence-electron chi connectivity index (χ3n) is 3.39. The predicted molar refractivity (Wildman–Crippen MR) is 69.2 cm³/mol. The summed E-state index contributed by atoms with van der Waals surface area (Å²) in [6.07, 6.45) is 0. The Hall–Kier alpha value is -2.62. The van der Waals surface area contributed by atoms with Crippen LogP contribution in [0.4, 0.5) is 11.5 Å². The lowest BCUT2D eigenvalue weighted by Crippen LogP contribution is -1.84. The van der Waals surface area contributed by atoms with Gasteiger partial charge in [0, 0.05) is 11.5 Å². The average molecular weight is 230 g/mol. The zero-order valence-electron chi connectivity index (χ0n) is 9.23. The maximum absolute atomic E-state index is 4.57. The summed E-state index contributed by atoms with van der Waals surface area (Å²) in [5, 5.41) is 6.71. The Balaban J connectivity index is 2.24. The fourth-order valence-electron chi connectivity index (χ4n) is 2.54. The molecule has 2 aromatic carbocycles. The molecule has 0 unspecified atom stereocenters. The van der Waals surface area contributed by atoms with Gasteiger partial charge in [-0.05, 0) is 17.5 Å². The van der Waals surface area contributed by atoms with E-state index in [0.29, 0.717) is 5.82 Å². The normalized spacial score (nSPS) is 12.9. The molecule has 0 saturated heterocycles. The van der Waals surface area contributed by atoms with Crippen LogP contribution in [0.1, 0.15) is 0 Å². The molecule has 4 heteroatoms. The first kappa shape index (κ1) is 8.47. The van der Waals surface area contributed by atoms with Gasteiger partial charge in [0.1, 0.15) is 0 Å². The van der Waals surface area contributed by atoms with E-state index >= 15 is 0 Å². The molecule has 0 aliphatic carbocycles. The van der Waals surface area contributed by atoms with Gasteiger partial charge < -0.3 is 4.98 Å². The van der Waals surface area contributed by atoms with Crippen LogP contribution in [0.2, 0.25) is 0 Å². The first-order valence-electron chi connectivity index (χ1n) is 5.74. The molecule has 1 aliphatic rings. The smallest absolute Gasteiger partial charge is 0.197 e. The lowest BCUT2D eigenvalue weighted by atomic mass is 10.1. The minimum absolute atomic E-state index is 0.645. The Kier molecular flexibility index (Phi) is 1.23. The molecule has 2 radical (unpaired) electrons. The van der Waals surface area contributed by atoms with Gasteiger partial charge in [0.05, 0.1) is 22.2 Å². The number of fused-ring (bicyclic) bond motifs is 5. The summed E-state index contributed by atoms with van der Waals surface area (Å²) in [5.74, 6) is 0.645. The molecule has 0 saturated carbocycles. The van der Waals surface area contributed by atoms with Crippen LogP contribution in [0.3, 0.4) is 0 Å². The molecule has 4 nitrogen and oxygen atoms in total. The number of rotatable bonds is 0. The SMILES string of the molecule is [c]1ccc2c3ccc4nc([nH]c4c3)c3nc2c1[N]3. The lowest BCUT2D eigenvalue weighted by molar-refractivity contribution is 1.18. The summed E-state index contributed by atoms with van der Waals surface area (Å²) in [6, 6.07) is 13.3. The monoisotopic (exact) mass is 230 g/mol. The summed E-state index contributed by atoms with van der Waals surface area (Å²) in [7, 11) is 0. The Bertz CT molecular complexity index is 952. The standard InChI is InChI=1S/C14H6N4/c1-2-8-7-4-5-9-11(6-7)17-13(15-9)14-16-10(3-1)12(8)18-14/h1-2,4-6H,(H,15,17). The fraction of sp³-hybridized carbons (Fsp3) is 0. The third kappa shape index (κ3) is 0.876. The van der Waals surface area contributed by atoms with Crippen LogP contribution in [-0.4, -0.2) is 15.0 Å². The number of nitrogens with zero attached hydrogens (tertiary/aromatic N) is 3. The second kappa shape index (κ2) is 2.61. The van der Waals surface area contributed by atoms with E-state index in [1.807, 2.05) is 18.2 Å². The van der Waals surface area contributed by atoms with Gasteiger partial charge in [-0.15, -0.1) is 0 Å². The Morgan fingerprint density at radius 3 is 3.11 bits per heavy atom. The quantitative estimate of drug-likeness (QED) is 0.444. The summed E-state index contributed by atoms with van der Waals surface area (Å²) in [6.45, 7) is 0. The summed E-state index contributed by atoms with van der Waals surface area (Å²) >= 11 is 0. The van der Waals surface area contributed by atoms with Gasteiger partial charge in [0.15, 0.2) is 11.5 Å². The van der Waals surface area contributed by atoms with Crippen molar-refractivity contribution in [3.63, 3.8) is 0 Å². The van der Waals surface area contributed by atoms with Crippen LogP contribution in [0.15, 0.2) is 30.3 Å². The van der Waals surface area contributed by atoms with E-state index in [9.17, 15) is 0 Å². The molecule has 5 bridgehead atoms. The van der Waals surface area contributed by atoms with Crippen LogP contribution in [0, 0.1) is 6.07 Å². The molecule has 1 N–H and O–H groups in total. The van der Waals surface area contributed by atoms with Gasteiger partial charge in [-0.1, -0.05) is 18.2 Å². The van der Waals surface area contributed by atoms with Crippen LogP contribution < -0.4 is 5.32 Å². The molecule has 0 atom stereocenters. The molecule has 5 rings (SSSR count). The highest BCUT2D eigenvalue weighted by atomic mass is 15.1. The van der Waals surface area contributed by atoms with Crippen molar-refractivity contribution >= 4 is 44.5 Å². The first-order chi connectivity index (χ1) is 8.88. The maximum atomic E-state index is 4.57. The Labute approximate surface area is 102 Å². The minimum atomic E-state index is 0.645. The van der Waals surface area contributed by atoms with Crippen LogP contribution in [-0.2, 0) is 0 Å². The lowest BCUT2D eigenvalue weighted by Gasteiger charge is -1.97. The van der Waals surface area contributed by atoms with Crippen molar-refractivity contribution in [2.45, 2.75) is 0 Å². The molecule has 0 spiro atoms. The average Bonchev–Trinajstić information content (AvgIpc) is 3.00. The molecule has 0 fully saturated rings. The van der Waals surface area contributed by atoms with Gasteiger partial charge in [0.25, 0.3) is 0 Å². The molecule has 18 heavy (non-hydrogen) atoms. The molecule has 82 valence electrons. The number of imidazole rings is 1. The Morgan fingerprint density at radius 1 is 1.11 bits per heavy atom. The summed E-state index contributed by atoms with van der Waals surface area (Å²) < 4.78 is 0. The van der Waals surface area contributed by atoms with E-state index < -0.39 is 0 Å². The number of nitrogens with one attached hydrogen (secondary N) is 1. The number of hydrogen-bond acceptors (Lipinski definition) is 2. The summed E-state index contributed by atoms with van der Waals surface area (Å²) in [5.41, 5.74) is 4.38. The second-order valence-electron chi connectivity index (χ2n) is 4.45. The topological polar surface area (TPSA) is 55.7 Å². The van der Waals surface area contributed by atoms with Gasteiger partial charge in [-0.2, -0.15) is 0 Å². The molecule has 3 heterocycles. The first-order valence-corrected chi connectivity index (χ1v) is 5.74. The third-order valence-corrected chi connectivity index (χ3v) is 3.39. The maximum Gasteiger partial charge on any atom is 0.197 e. The van der Waals surface area contributed by atoms with E-state index in [1.165, 1.54) is 0 Å². The Morgan fingerprint density at radius 2 is 2.11 bits per heavy atom. The van der Waals surface area contributed by atoms with Crippen molar-refractivity contribution in [3.05, 3.63) is 36.4 Å². The fourth-order valence-corrected chi connectivity index (χ4v) is 2.54. The molecule has 2 aromatic heterocycles. The van der Waals surface area contributed by atoms with Gasteiger partial charge in [-0.3, -0.25) is 0 Å². The van der Waals surface area contributed by atoms with E-state index in [0.717, 1.165) is 38.7 Å². The minimum Gasteiger partial charge on any atom is -0.335 e. The number of H-pyrrole nitrogens is 1. The van der Waals surface area contributed by atoms with E-state index in [1.54, 1.807) is 0 Å². The highest BCUT2D eigenvalue weighted by Gasteiger charge is 2.17. The molecular formula is C14H6N4. The largest absolute Gasteiger partial charge is 0.335 e. The van der Waals surface area contributed by atoms with E-state index in [2.05, 4.69) is 38.5 Å². The predicted octanol–water partition coefficient (Wildman–Crippen LogP) is 2.95. The molecule has 4 aromatic rings. The van der Waals surface area contributed by atoms with E-state index in [4.69, 9.17) is 0 Å². The van der Waals surface area contributed by atoms with Crippen molar-refractivity contribution in [1.82, 2.24) is 20.3 Å². The number of aromatic amines is 1. The van der Waals surface area contributed by atoms with Crippen molar-refractivity contribution in [2.24, 2.45) is 0 Å². The highest BCUT2D eigenvalue weighted by molar-refractivity contribution is 6.05. The zero-order valence-corrected chi connectivity index (χ0v) is 9.23. The van der Waals surface area contributed by atoms with Crippen molar-refractivity contribution in [3.8, 4) is 0 Å². The van der Waals surface area contributed by atoms with Crippen LogP contribution >= 0.6 is 0 Å². The van der Waals surface area contributed by atoms with Crippen molar-refractivity contribution in [1.29, 1.82) is 0 Å². The van der Waals surface area contributed by atoms with Crippen molar-refractivity contribution in [2.75, 3.05) is 0 Å². The molecule has 1 aliphatic heterocycles. The molecular weight excluding hydrogens is 224 g/mol. The van der Waals surface area contributed by atoms with Crippen molar-refractivity contribution < 1.29 is 0 Å². The zero-order chi connectivity index (χ0) is 11.7. The number of benzene rings is 2. The van der Waals surface area contributed by atoms with Crippen LogP contribution in [0.5, 0.6) is 0 Å².